The van der Waals surface area contributed by atoms with Gasteiger partial charge in [0.1, 0.15) is 0 Å². The van der Waals surface area contributed by atoms with Gasteiger partial charge in [-0.2, -0.15) is 0 Å². The molecule has 0 radical (unpaired) electrons. The van der Waals surface area contributed by atoms with Gasteiger partial charge in [-0.15, -0.1) is 5.10 Å². The van der Waals surface area contributed by atoms with Crippen LogP contribution in [0, 0.1) is 0 Å². The van der Waals surface area contributed by atoms with Gasteiger partial charge in [0.2, 0.25) is 0 Å². The molecule has 0 bridgehead atoms. The predicted octanol–water partition coefficient (Wildman–Crippen LogP) is 0.917. The van der Waals surface area contributed by atoms with Gasteiger partial charge in [0.05, 0.1) is 30.4 Å². The Hall–Kier alpha value is -1.27. The summed E-state index contributed by atoms with van der Waals surface area (Å²) in [5.74, 6) is 0. The van der Waals surface area contributed by atoms with Crippen molar-refractivity contribution in [2.75, 3.05) is 0 Å². The van der Waals surface area contributed by atoms with E-state index in [0.29, 0.717) is 5.69 Å². The maximum atomic E-state index is 9.00. The molecule has 0 aliphatic carbocycles. The molecule has 0 fully saturated rings. The van der Waals surface area contributed by atoms with E-state index in [2.05, 4.69) is 31.2 Å². The molecule has 0 unspecified atom stereocenters. The third kappa shape index (κ3) is 1.66. The molecular formula is C8H7BrN4O. The fourth-order valence-electron chi connectivity index (χ4n) is 1.10. The summed E-state index contributed by atoms with van der Waals surface area (Å²) in [7, 11) is 0. The maximum absolute atomic E-state index is 9.00. The Balaban J connectivity index is 2.49. The molecule has 1 N–H and O–H groups in total. The number of hydrogen-bond acceptors (Lipinski definition) is 4. The van der Waals surface area contributed by atoms with Crippen LogP contribution in [0.1, 0.15) is 5.69 Å². The molecule has 0 aliphatic rings. The molecule has 72 valence electrons. The van der Waals surface area contributed by atoms with Crippen molar-refractivity contribution in [3.63, 3.8) is 0 Å². The molecule has 2 aromatic rings. The van der Waals surface area contributed by atoms with Gasteiger partial charge in [0.25, 0.3) is 0 Å². The van der Waals surface area contributed by atoms with E-state index < -0.39 is 0 Å². The fourth-order valence-corrected chi connectivity index (χ4v) is 1.45. The molecule has 0 spiro atoms. The van der Waals surface area contributed by atoms with Crippen LogP contribution in [0.4, 0.5) is 0 Å². The van der Waals surface area contributed by atoms with Crippen LogP contribution in [0.3, 0.4) is 0 Å². The van der Waals surface area contributed by atoms with E-state index >= 15 is 0 Å². The molecule has 0 saturated carbocycles. The highest BCUT2D eigenvalue weighted by molar-refractivity contribution is 9.10. The summed E-state index contributed by atoms with van der Waals surface area (Å²) in [6.07, 6.45) is 4.85. The second kappa shape index (κ2) is 3.85. The summed E-state index contributed by atoms with van der Waals surface area (Å²) in [6, 6.07) is 1.85. The first kappa shape index (κ1) is 9.29. The molecule has 14 heavy (non-hydrogen) atoms. The van der Waals surface area contributed by atoms with E-state index in [4.69, 9.17) is 5.11 Å². The van der Waals surface area contributed by atoms with Crippen LogP contribution in [-0.2, 0) is 6.61 Å². The number of halogens is 1. The highest BCUT2D eigenvalue weighted by Crippen LogP contribution is 2.13. The Bertz CT molecular complexity index is 442. The number of aromatic nitrogens is 4. The number of hydrogen-bond donors (Lipinski definition) is 1. The third-order valence-corrected chi connectivity index (χ3v) is 2.15. The lowest BCUT2D eigenvalue weighted by Crippen LogP contribution is -2.02. The standard InChI is InChI=1S/C8H7BrN4O/c9-6-1-7(3-10-2-6)13-8(5-14)4-11-12-13/h1-4,14H,5H2. The van der Waals surface area contributed by atoms with Crippen LogP contribution in [0.15, 0.2) is 29.1 Å². The third-order valence-electron chi connectivity index (χ3n) is 1.72. The molecule has 0 aliphatic heterocycles. The van der Waals surface area contributed by atoms with Gasteiger partial charge in [-0.25, -0.2) is 4.68 Å². The van der Waals surface area contributed by atoms with Gasteiger partial charge in [-0.05, 0) is 22.0 Å². The van der Waals surface area contributed by atoms with Crippen molar-refractivity contribution < 1.29 is 5.11 Å². The van der Waals surface area contributed by atoms with E-state index in [-0.39, 0.29) is 6.61 Å². The summed E-state index contributed by atoms with van der Waals surface area (Å²) >= 11 is 3.31. The Morgan fingerprint density at radius 2 is 2.21 bits per heavy atom. The second-order valence-electron chi connectivity index (χ2n) is 2.66. The first-order valence-corrected chi connectivity index (χ1v) is 4.72. The van der Waals surface area contributed by atoms with E-state index in [1.165, 1.54) is 10.9 Å². The van der Waals surface area contributed by atoms with Crippen molar-refractivity contribution in [1.82, 2.24) is 20.0 Å². The van der Waals surface area contributed by atoms with Gasteiger partial charge in [0.15, 0.2) is 0 Å². The van der Waals surface area contributed by atoms with E-state index in [0.717, 1.165) is 10.2 Å². The summed E-state index contributed by atoms with van der Waals surface area (Å²) in [5.41, 5.74) is 1.39. The van der Waals surface area contributed by atoms with Crippen LogP contribution in [-0.4, -0.2) is 25.1 Å². The average molecular weight is 255 g/mol. The predicted molar refractivity (Wildman–Crippen MR) is 52.8 cm³/mol. The fraction of sp³-hybridized carbons (Fsp3) is 0.125. The van der Waals surface area contributed by atoms with Crippen LogP contribution in [0.5, 0.6) is 0 Å². The van der Waals surface area contributed by atoms with E-state index in [1.807, 2.05) is 6.07 Å². The number of rotatable bonds is 2. The first-order chi connectivity index (χ1) is 6.81. The van der Waals surface area contributed by atoms with Gasteiger partial charge in [0, 0.05) is 10.7 Å². The van der Waals surface area contributed by atoms with E-state index in [1.54, 1.807) is 12.4 Å². The molecule has 2 rings (SSSR count). The molecule has 6 heteroatoms. The summed E-state index contributed by atoms with van der Waals surface area (Å²) in [4.78, 5) is 4.00. The van der Waals surface area contributed by atoms with Crippen molar-refractivity contribution in [2.24, 2.45) is 0 Å². The lowest BCUT2D eigenvalue weighted by molar-refractivity contribution is 0.273. The maximum Gasteiger partial charge on any atom is 0.0900 e. The number of aliphatic hydroxyl groups is 1. The summed E-state index contributed by atoms with van der Waals surface area (Å²) < 4.78 is 2.40. The lowest BCUT2D eigenvalue weighted by Gasteiger charge is -2.02. The monoisotopic (exact) mass is 254 g/mol. The topological polar surface area (TPSA) is 63.8 Å². The first-order valence-electron chi connectivity index (χ1n) is 3.92. The van der Waals surface area contributed by atoms with Crippen molar-refractivity contribution in [2.45, 2.75) is 6.61 Å². The molecule has 0 atom stereocenters. The van der Waals surface area contributed by atoms with Gasteiger partial charge in [-0.3, -0.25) is 4.98 Å². The van der Waals surface area contributed by atoms with Gasteiger partial charge in [-0.1, -0.05) is 5.21 Å². The number of nitrogens with zero attached hydrogens (tertiary/aromatic N) is 4. The Labute approximate surface area is 88.5 Å². The minimum absolute atomic E-state index is 0.0977. The molecule has 5 nitrogen and oxygen atoms in total. The molecule has 0 amide bonds. The van der Waals surface area contributed by atoms with Crippen LogP contribution in [0.2, 0.25) is 0 Å². The Morgan fingerprint density at radius 1 is 1.36 bits per heavy atom. The second-order valence-corrected chi connectivity index (χ2v) is 3.57. The van der Waals surface area contributed by atoms with Crippen molar-refractivity contribution >= 4 is 15.9 Å². The average Bonchev–Trinajstić information content (AvgIpc) is 2.65. The highest BCUT2D eigenvalue weighted by Gasteiger charge is 2.05. The zero-order valence-electron chi connectivity index (χ0n) is 7.13. The SMILES string of the molecule is OCc1cnnn1-c1cncc(Br)c1. The molecule has 0 aromatic carbocycles. The van der Waals surface area contributed by atoms with Crippen molar-refractivity contribution in [3.8, 4) is 5.69 Å². The van der Waals surface area contributed by atoms with Gasteiger partial charge < -0.3 is 5.11 Å². The number of pyridine rings is 1. The molecule has 2 aromatic heterocycles. The minimum atomic E-state index is -0.0977. The zero-order valence-corrected chi connectivity index (χ0v) is 8.72. The lowest BCUT2D eigenvalue weighted by atomic mass is 10.4. The van der Waals surface area contributed by atoms with Gasteiger partial charge >= 0.3 is 0 Å². The van der Waals surface area contributed by atoms with Crippen LogP contribution in [0.25, 0.3) is 5.69 Å². The van der Waals surface area contributed by atoms with Crippen molar-refractivity contribution in [1.29, 1.82) is 0 Å². The summed E-state index contributed by atoms with van der Waals surface area (Å²) in [5, 5.41) is 16.6. The largest absolute Gasteiger partial charge is 0.390 e. The zero-order chi connectivity index (χ0) is 9.97. The number of aliphatic hydroxyl groups excluding tert-OH is 1. The molecule has 0 saturated heterocycles. The Kier molecular flexibility index (Phi) is 2.55. The smallest absolute Gasteiger partial charge is 0.0900 e. The van der Waals surface area contributed by atoms with Crippen LogP contribution >= 0.6 is 15.9 Å². The molecule has 2 heterocycles. The molecular weight excluding hydrogens is 248 g/mol. The highest BCUT2D eigenvalue weighted by atomic mass is 79.9. The van der Waals surface area contributed by atoms with E-state index in [9.17, 15) is 0 Å². The van der Waals surface area contributed by atoms with Crippen LogP contribution < -0.4 is 0 Å². The normalized spacial score (nSPS) is 10.4. The Morgan fingerprint density at radius 3 is 2.93 bits per heavy atom. The minimum Gasteiger partial charge on any atom is -0.390 e. The van der Waals surface area contributed by atoms with Crippen molar-refractivity contribution in [3.05, 3.63) is 34.8 Å². The quantitative estimate of drug-likeness (QED) is 0.866. The summed E-state index contributed by atoms with van der Waals surface area (Å²) in [6.45, 7) is -0.0977.